The van der Waals surface area contributed by atoms with Crippen LogP contribution in [0, 0.1) is 17.9 Å². The third-order valence-corrected chi connectivity index (χ3v) is 7.06. The van der Waals surface area contributed by atoms with Gasteiger partial charge in [0.15, 0.2) is 23.2 Å². The Labute approximate surface area is 227 Å². The van der Waals surface area contributed by atoms with Crippen LogP contribution in [0.15, 0.2) is 46.6 Å². The number of aromatic hydroxyl groups is 1. The van der Waals surface area contributed by atoms with Crippen LogP contribution in [0.4, 0.5) is 0 Å². The number of allylic oxidation sites excluding steroid dienone is 1. The minimum absolute atomic E-state index is 0.0593. The molecule has 2 aliphatic rings. The number of unbranched alkanes of at least 4 members (excludes halogenated alkanes) is 1. The van der Waals surface area contributed by atoms with Gasteiger partial charge in [-0.1, -0.05) is 19.4 Å². The van der Waals surface area contributed by atoms with Crippen LogP contribution in [0.2, 0.25) is 0 Å². The van der Waals surface area contributed by atoms with Crippen molar-refractivity contribution in [2.24, 2.45) is 10.9 Å². The molecule has 2 aliphatic heterocycles. The third kappa shape index (κ3) is 8.78. The van der Waals surface area contributed by atoms with E-state index in [-0.39, 0.29) is 36.5 Å². The highest BCUT2D eigenvalue weighted by Gasteiger charge is 2.32. The van der Waals surface area contributed by atoms with Gasteiger partial charge in [-0.05, 0) is 57.9 Å². The average Bonchev–Trinajstić information content (AvgIpc) is 3.55. The molecule has 210 valence electrons. The fraction of sp³-hybridized carbons (Fsp3) is 0.567. The van der Waals surface area contributed by atoms with E-state index in [9.17, 15) is 15.3 Å². The standard InChI is InChI=1S/C30H45N3O5/c1-5-6-7-29-24(18-34)13-25(38-29)10-8-22-9-11-28(36)30(12-22)37-19-27(31-4)26-14-23(17-33-26)20(2)15-32-16-21(3)35/h9,11-14,17,20-21,27,29,31-32,34-35,38H,5-8,10,15-16,18-19H2,1-4H3/p+1/t20-,21+,27+,29?/m1/s1. The third-order valence-electron chi connectivity index (χ3n) is 7.06. The lowest BCUT2D eigenvalue weighted by atomic mass is 9.95. The Morgan fingerprint density at radius 2 is 2.08 bits per heavy atom. The molecule has 6 N–H and O–H groups in total. The SMILES string of the molecule is CCCCC1[OH+][C-](CCc2ccc(O)c(OC[C@H](NC)C3=C[C+]([C@H](C)CNC[C@H](C)O)C=N3)c2)C=C1CO. The van der Waals surface area contributed by atoms with E-state index in [1.807, 2.05) is 31.5 Å². The molecule has 4 atom stereocenters. The Balaban J connectivity index is 1.52. The van der Waals surface area contributed by atoms with Crippen LogP contribution >= 0.6 is 0 Å². The smallest absolute Gasteiger partial charge is 0.196 e. The highest BCUT2D eigenvalue weighted by molar-refractivity contribution is 5.83. The van der Waals surface area contributed by atoms with E-state index in [0.29, 0.717) is 18.9 Å². The van der Waals surface area contributed by atoms with Crippen molar-refractivity contribution >= 4 is 6.21 Å². The molecular formula is C30H46N3O5+. The summed E-state index contributed by atoms with van der Waals surface area (Å²) in [6.45, 7) is 7.78. The van der Waals surface area contributed by atoms with Crippen molar-refractivity contribution in [1.29, 1.82) is 0 Å². The molecule has 0 saturated heterocycles. The first-order chi connectivity index (χ1) is 18.3. The molecule has 2 heterocycles. The minimum Gasteiger partial charge on any atom is -0.504 e. The summed E-state index contributed by atoms with van der Waals surface area (Å²) in [7, 11) is 1.87. The number of nitrogens with one attached hydrogen (secondary N) is 2. The van der Waals surface area contributed by atoms with Crippen molar-refractivity contribution < 1.29 is 24.8 Å². The second-order valence-corrected chi connectivity index (χ2v) is 10.3. The fourth-order valence-corrected chi connectivity index (χ4v) is 4.64. The lowest BCUT2D eigenvalue weighted by molar-refractivity contribution is -0.0550. The zero-order valence-corrected chi connectivity index (χ0v) is 23.3. The van der Waals surface area contributed by atoms with Crippen LogP contribution in [-0.4, -0.2) is 77.9 Å². The molecule has 0 spiro atoms. The summed E-state index contributed by atoms with van der Waals surface area (Å²) >= 11 is 0. The zero-order chi connectivity index (χ0) is 27.5. The molecule has 0 fully saturated rings. The molecular weight excluding hydrogens is 482 g/mol. The van der Waals surface area contributed by atoms with E-state index >= 15 is 0 Å². The Morgan fingerprint density at radius 3 is 2.79 bits per heavy atom. The Morgan fingerprint density at radius 1 is 1.26 bits per heavy atom. The summed E-state index contributed by atoms with van der Waals surface area (Å²) < 4.78 is 10.9. The first kappa shape index (κ1) is 30.1. The lowest BCUT2D eigenvalue weighted by Gasteiger charge is -2.19. The van der Waals surface area contributed by atoms with E-state index in [4.69, 9.17) is 9.47 Å². The van der Waals surface area contributed by atoms with Gasteiger partial charge in [-0.2, -0.15) is 0 Å². The molecule has 38 heavy (non-hydrogen) atoms. The van der Waals surface area contributed by atoms with E-state index in [1.54, 1.807) is 13.0 Å². The minimum atomic E-state index is -0.369. The van der Waals surface area contributed by atoms with Gasteiger partial charge in [-0.25, -0.2) is 0 Å². The highest BCUT2D eigenvalue weighted by atomic mass is 16.5. The average molecular weight is 529 g/mol. The summed E-state index contributed by atoms with van der Waals surface area (Å²) in [4.78, 5) is 4.60. The van der Waals surface area contributed by atoms with Crippen molar-refractivity contribution in [1.82, 2.24) is 10.6 Å². The quantitative estimate of drug-likeness (QED) is 0.157. The number of phenolic OH excluding ortho intramolecular Hbond substituents is 1. The van der Waals surface area contributed by atoms with Crippen LogP contribution in [0.25, 0.3) is 0 Å². The number of likely N-dealkylation sites (N-methyl/N-ethyl adjacent to an activating group) is 1. The number of aryl methyl sites for hydroxylation is 1. The number of aliphatic imine (C=N–C) groups is 1. The van der Waals surface area contributed by atoms with Gasteiger partial charge < -0.3 is 30.1 Å². The number of aliphatic hydroxyl groups excluding tert-OH is 2. The van der Waals surface area contributed by atoms with Crippen molar-refractivity contribution in [3.8, 4) is 11.5 Å². The topological polar surface area (TPSA) is 119 Å². The predicted molar refractivity (Wildman–Crippen MR) is 152 cm³/mol. The number of rotatable bonds is 17. The van der Waals surface area contributed by atoms with Crippen LogP contribution in [0.1, 0.15) is 52.0 Å². The number of hydrogen-bond acceptors (Lipinski definition) is 7. The molecule has 0 saturated carbocycles. The van der Waals surface area contributed by atoms with Crippen LogP contribution in [0.3, 0.4) is 0 Å². The van der Waals surface area contributed by atoms with Gasteiger partial charge >= 0.3 is 0 Å². The molecule has 1 aromatic rings. The summed E-state index contributed by atoms with van der Waals surface area (Å²) in [6, 6.07) is 5.35. The first-order valence-corrected chi connectivity index (χ1v) is 13.9. The molecule has 1 unspecified atom stereocenters. The number of phenols is 1. The van der Waals surface area contributed by atoms with Crippen molar-refractivity contribution in [2.75, 3.05) is 33.4 Å². The monoisotopic (exact) mass is 528 g/mol. The Kier molecular flexibility index (Phi) is 12.0. The number of hydrogen-bond donors (Lipinski definition) is 5. The van der Waals surface area contributed by atoms with E-state index in [1.165, 1.54) is 0 Å². The van der Waals surface area contributed by atoms with Gasteiger partial charge in [0.2, 0.25) is 0 Å². The molecule has 3 rings (SSSR count). The van der Waals surface area contributed by atoms with E-state index < -0.39 is 0 Å². The lowest BCUT2D eigenvalue weighted by Crippen LogP contribution is -2.33. The molecule has 0 amide bonds. The maximum absolute atomic E-state index is 10.4. The maximum atomic E-state index is 10.4. The molecule has 0 aromatic heterocycles. The Hall–Kier alpha value is -2.49. The van der Waals surface area contributed by atoms with Gasteiger partial charge in [0.25, 0.3) is 0 Å². The predicted octanol–water partition coefficient (Wildman–Crippen LogP) is 2.99. The van der Waals surface area contributed by atoms with Gasteiger partial charge in [0.1, 0.15) is 30.9 Å². The second kappa shape index (κ2) is 15.2. The van der Waals surface area contributed by atoms with Gasteiger partial charge in [0.05, 0.1) is 18.1 Å². The van der Waals surface area contributed by atoms with E-state index in [0.717, 1.165) is 67.5 Å². The summed E-state index contributed by atoms with van der Waals surface area (Å²) in [5.41, 5.74) is 2.96. The van der Waals surface area contributed by atoms with Gasteiger partial charge in [-0.3, -0.25) is 5.32 Å². The van der Waals surface area contributed by atoms with Crippen LogP contribution in [0.5, 0.6) is 11.5 Å². The molecule has 0 aliphatic carbocycles. The molecule has 1 aromatic carbocycles. The number of nitrogens with zero attached hydrogens (tertiary/aromatic N) is 1. The van der Waals surface area contributed by atoms with Crippen molar-refractivity contribution in [2.45, 2.75) is 71.1 Å². The molecule has 8 nitrogen and oxygen atoms in total. The fourth-order valence-electron chi connectivity index (χ4n) is 4.64. The summed E-state index contributed by atoms with van der Waals surface area (Å²) in [6.07, 6.45) is 11.5. The summed E-state index contributed by atoms with van der Waals surface area (Å²) in [5.74, 6) is 1.96. The highest BCUT2D eigenvalue weighted by Crippen LogP contribution is 2.32. The number of benzene rings is 1. The molecule has 8 heteroatoms. The largest absolute Gasteiger partial charge is 0.504 e. The van der Waals surface area contributed by atoms with Crippen LogP contribution in [-0.2, 0) is 6.42 Å². The number of ether oxygens (including phenoxy) is 2. The first-order valence-electron chi connectivity index (χ1n) is 13.9. The summed E-state index contributed by atoms with van der Waals surface area (Å²) in [5, 5.41) is 36.1. The zero-order valence-electron chi connectivity index (χ0n) is 23.3. The second-order valence-electron chi connectivity index (χ2n) is 10.3. The van der Waals surface area contributed by atoms with E-state index in [2.05, 4.69) is 35.5 Å². The molecule has 0 radical (unpaired) electrons. The normalized spacial score (nSPS) is 19.5. The Bertz CT molecular complexity index is 961. The maximum Gasteiger partial charge on any atom is 0.196 e. The van der Waals surface area contributed by atoms with Gasteiger partial charge in [0, 0.05) is 26.1 Å². The van der Waals surface area contributed by atoms with Crippen molar-refractivity contribution in [3.63, 3.8) is 0 Å². The molecule has 0 bridgehead atoms. The van der Waals surface area contributed by atoms with Gasteiger partial charge in [-0.15, -0.1) is 16.6 Å². The number of aliphatic hydroxyl groups is 4. The van der Waals surface area contributed by atoms with Crippen molar-refractivity contribution in [3.05, 3.63) is 59.2 Å². The van der Waals surface area contributed by atoms with Crippen LogP contribution < -0.4 is 15.4 Å².